The van der Waals surface area contributed by atoms with Gasteiger partial charge in [-0.15, -0.1) is 0 Å². The largest absolute Gasteiger partial charge is 0.368 e. The summed E-state index contributed by atoms with van der Waals surface area (Å²) in [5, 5.41) is 0. The molecule has 0 spiro atoms. The topological polar surface area (TPSA) is 42.4 Å². The molecule has 0 N–H and O–H groups in total. The fraction of sp³-hybridized carbons (Fsp3) is 0.647. The van der Waals surface area contributed by atoms with Crippen LogP contribution in [0.15, 0.2) is 24.4 Å². The SMILES string of the molecule is CCCN(CCc1ccccn1)C(=O)[C@H](C)OCC1CC1. The molecule has 1 aromatic heterocycles. The smallest absolute Gasteiger partial charge is 0.251 e. The average Bonchev–Trinajstić information content (AvgIpc) is 3.33. The lowest BCUT2D eigenvalue weighted by atomic mass is 10.2. The van der Waals surface area contributed by atoms with Gasteiger partial charge in [-0.3, -0.25) is 9.78 Å². The number of nitrogens with zero attached hydrogens (tertiary/aromatic N) is 2. The predicted molar refractivity (Wildman–Crippen MR) is 83.0 cm³/mol. The fourth-order valence-corrected chi connectivity index (χ4v) is 2.29. The molecule has 0 radical (unpaired) electrons. The number of aromatic nitrogens is 1. The number of amides is 1. The van der Waals surface area contributed by atoms with Crippen LogP contribution in [0, 0.1) is 5.92 Å². The van der Waals surface area contributed by atoms with Crippen LogP contribution < -0.4 is 0 Å². The Balaban J connectivity index is 1.82. The van der Waals surface area contributed by atoms with Crippen molar-refractivity contribution in [2.24, 2.45) is 5.92 Å². The second-order valence-corrected chi connectivity index (χ2v) is 5.82. The van der Waals surface area contributed by atoms with E-state index >= 15 is 0 Å². The van der Waals surface area contributed by atoms with Crippen LogP contribution >= 0.6 is 0 Å². The molecule has 4 nitrogen and oxygen atoms in total. The average molecular weight is 290 g/mol. The van der Waals surface area contributed by atoms with Gasteiger partial charge in [-0.2, -0.15) is 0 Å². The highest BCUT2D eigenvalue weighted by Crippen LogP contribution is 2.29. The summed E-state index contributed by atoms with van der Waals surface area (Å²) in [7, 11) is 0. The first kappa shape index (κ1) is 16.0. The van der Waals surface area contributed by atoms with Crippen LogP contribution in [-0.2, 0) is 16.0 Å². The number of carbonyl (C=O) groups excluding carboxylic acids is 1. The summed E-state index contributed by atoms with van der Waals surface area (Å²) in [5.74, 6) is 0.793. The maximum absolute atomic E-state index is 12.5. The van der Waals surface area contributed by atoms with E-state index in [0.29, 0.717) is 12.5 Å². The third kappa shape index (κ3) is 5.46. The van der Waals surface area contributed by atoms with Crippen LogP contribution in [-0.4, -0.2) is 41.6 Å². The third-order valence-corrected chi connectivity index (χ3v) is 3.80. The number of ether oxygens (including phenoxy) is 1. The van der Waals surface area contributed by atoms with Gasteiger partial charge in [-0.25, -0.2) is 0 Å². The Labute approximate surface area is 127 Å². The van der Waals surface area contributed by atoms with E-state index in [1.54, 1.807) is 6.20 Å². The molecular formula is C17H26N2O2. The van der Waals surface area contributed by atoms with Crippen LogP contribution in [0.25, 0.3) is 0 Å². The second kappa shape index (κ2) is 8.13. The van der Waals surface area contributed by atoms with Crippen molar-refractivity contribution in [1.82, 2.24) is 9.88 Å². The van der Waals surface area contributed by atoms with Gasteiger partial charge in [0, 0.05) is 31.4 Å². The highest BCUT2D eigenvalue weighted by atomic mass is 16.5. The minimum Gasteiger partial charge on any atom is -0.368 e. The van der Waals surface area contributed by atoms with Crippen molar-refractivity contribution in [3.05, 3.63) is 30.1 Å². The molecular weight excluding hydrogens is 264 g/mol. The summed E-state index contributed by atoms with van der Waals surface area (Å²) in [6.45, 7) is 6.18. The standard InChI is InChI=1S/C17H26N2O2/c1-3-11-19(12-9-16-6-4-5-10-18-16)17(20)14(2)21-13-15-7-8-15/h4-6,10,14-15H,3,7-9,11-13H2,1-2H3/t14-/m0/s1. The van der Waals surface area contributed by atoms with Crippen molar-refractivity contribution in [3.63, 3.8) is 0 Å². The third-order valence-electron chi connectivity index (χ3n) is 3.80. The maximum atomic E-state index is 12.5. The summed E-state index contributed by atoms with van der Waals surface area (Å²) >= 11 is 0. The first-order chi connectivity index (χ1) is 10.2. The highest BCUT2D eigenvalue weighted by molar-refractivity contribution is 5.80. The zero-order chi connectivity index (χ0) is 15.1. The first-order valence-electron chi connectivity index (χ1n) is 8.01. The van der Waals surface area contributed by atoms with Crippen molar-refractivity contribution in [1.29, 1.82) is 0 Å². The van der Waals surface area contributed by atoms with Crippen molar-refractivity contribution < 1.29 is 9.53 Å². The molecule has 1 amide bonds. The Bertz CT molecular complexity index is 432. The predicted octanol–water partition coefficient (Wildman–Crippen LogP) is 2.68. The van der Waals surface area contributed by atoms with Crippen LogP contribution in [0.2, 0.25) is 0 Å². The molecule has 0 aromatic carbocycles. The molecule has 1 aliphatic carbocycles. The minimum absolute atomic E-state index is 0.105. The van der Waals surface area contributed by atoms with Gasteiger partial charge in [0.1, 0.15) is 6.10 Å². The van der Waals surface area contributed by atoms with Crippen molar-refractivity contribution >= 4 is 5.91 Å². The number of hydrogen-bond donors (Lipinski definition) is 0. The molecule has 1 saturated carbocycles. The maximum Gasteiger partial charge on any atom is 0.251 e. The van der Waals surface area contributed by atoms with E-state index in [-0.39, 0.29) is 12.0 Å². The van der Waals surface area contributed by atoms with Gasteiger partial charge in [0.2, 0.25) is 0 Å². The monoisotopic (exact) mass is 290 g/mol. The quantitative estimate of drug-likeness (QED) is 0.702. The number of hydrogen-bond acceptors (Lipinski definition) is 3. The van der Waals surface area contributed by atoms with Gasteiger partial charge >= 0.3 is 0 Å². The van der Waals surface area contributed by atoms with Gasteiger partial charge < -0.3 is 9.64 Å². The van der Waals surface area contributed by atoms with Gasteiger partial charge in [-0.1, -0.05) is 13.0 Å². The molecule has 116 valence electrons. The van der Waals surface area contributed by atoms with Gasteiger partial charge in [0.25, 0.3) is 5.91 Å². The van der Waals surface area contributed by atoms with Crippen LogP contribution in [0.5, 0.6) is 0 Å². The molecule has 0 saturated heterocycles. The summed E-state index contributed by atoms with van der Waals surface area (Å²) in [5.41, 5.74) is 1.03. The molecule has 2 rings (SSSR count). The van der Waals surface area contributed by atoms with E-state index in [4.69, 9.17) is 4.74 Å². The molecule has 1 fully saturated rings. The molecule has 1 atom stereocenters. The summed E-state index contributed by atoms with van der Waals surface area (Å²) in [4.78, 5) is 18.7. The lowest BCUT2D eigenvalue weighted by Gasteiger charge is -2.25. The molecule has 0 aliphatic heterocycles. The van der Waals surface area contributed by atoms with E-state index < -0.39 is 0 Å². The van der Waals surface area contributed by atoms with Crippen molar-refractivity contribution in [2.45, 2.75) is 45.6 Å². The van der Waals surface area contributed by atoms with Crippen LogP contribution in [0.4, 0.5) is 0 Å². The Hall–Kier alpha value is -1.42. The molecule has 0 unspecified atom stereocenters. The Morgan fingerprint density at radius 1 is 1.43 bits per heavy atom. The fourth-order valence-electron chi connectivity index (χ4n) is 2.29. The van der Waals surface area contributed by atoms with Gasteiger partial charge in [0.05, 0.1) is 6.61 Å². The van der Waals surface area contributed by atoms with Crippen LogP contribution in [0.3, 0.4) is 0 Å². The van der Waals surface area contributed by atoms with E-state index in [2.05, 4.69) is 11.9 Å². The number of rotatable bonds is 9. The Morgan fingerprint density at radius 2 is 2.24 bits per heavy atom. The minimum atomic E-state index is -0.333. The lowest BCUT2D eigenvalue weighted by Crippen LogP contribution is -2.41. The normalized spacial score (nSPS) is 15.7. The molecule has 0 bridgehead atoms. The number of pyridine rings is 1. The van der Waals surface area contributed by atoms with Crippen LogP contribution in [0.1, 0.15) is 38.8 Å². The summed E-state index contributed by atoms with van der Waals surface area (Å²) in [6, 6.07) is 5.89. The lowest BCUT2D eigenvalue weighted by molar-refractivity contribution is -0.143. The molecule has 1 aliphatic rings. The van der Waals surface area contributed by atoms with Crippen molar-refractivity contribution in [2.75, 3.05) is 19.7 Å². The van der Waals surface area contributed by atoms with E-state index in [1.165, 1.54) is 12.8 Å². The Kier molecular flexibility index (Phi) is 6.18. The zero-order valence-electron chi connectivity index (χ0n) is 13.1. The summed E-state index contributed by atoms with van der Waals surface area (Å²) in [6.07, 6.45) is 5.72. The summed E-state index contributed by atoms with van der Waals surface area (Å²) < 4.78 is 5.70. The molecule has 1 heterocycles. The van der Waals surface area contributed by atoms with E-state index in [1.807, 2.05) is 30.0 Å². The van der Waals surface area contributed by atoms with Gasteiger partial charge in [-0.05, 0) is 44.2 Å². The molecule has 4 heteroatoms. The molecule has 21 heavy (non-hydrogen) atoms. The first-order valence-corrected chi connectivity index (χ1v) is 8.01. The van der Waals surface area contributed by atoms with E-state index in [0.717, 1.165) is 31.7 Å². The Morgan fingerprint density at radius 3 is 2.86 bits per heavy atom. The van der Waals surface area contributed by atoms with Gasteiger partial charge in [0.15, 0.2) is 0 Å². The highest BCUT2D eigenvalue weighted by Gasteiger charge is 2.26. The molecule has 1 aromatic rings. The zero-order valence-corrected chi connectivity index (χ0v) is 13.1. The van der Waals surface area contributed by atoms with E-state index in [9.17, 15) is 4.79 Å². The second-order valence-electron chi connectivity index (χ2n) is 5.82. The van der Waals surface area contributed by atoms with Crippen molar-refractivity contribution in [3.8, 4) is 0 Å². The number of carbonyl (C=O) groups is 1.